The van der Waals surface area contributed by atoms with Crippen LogP contribution in [0.1, 0.15) is 30.0 Å². The molecule has 0 saturated carbocycles. The van der Waals surface area contributed by atoms with Crippen molar-refractivity contribution in [2.45, 2.75) is 30.4 Å². The van der Waals surface area contributed by atoms with Crippen LogP contribution >= 0.6 is 0 Å². The molecule has 6 heteroatoms. The maximum atomic E-state index is 10.9. The Hall–Kier alpha value is -2.70. The van der Waals surface area contributed by atoms with E-state index in [1.807, 2.05) is 48.5 Å². The molecule has 0 unspecified atom stereocenters. The Balaban J connectivity index is 1.38. The molecule has 0 amide bonds. The van der Waals surface area contributed by atoms with Crippen molar-refractivity contribution in [3.8, 4) is 11.4 Å². The molecule has 1 saturated heterocycles. The van der Waals surface area contributed by atoms with Crippen LogP contribution in [-0.4, -0.2) is 34.4 Å². The monoisotopic (exact) mass is 362 g/mol. The van der Waals surface area contributed by atoms with E-state index < -0.39 is 6.10 Å². The number of piperidine rings is 1. The molecule has 6 nitrogen and oxygen atoms in total. The summed E-state index contributed by atoms with van der Waals surface area (Å²) in [5.74, 6) is 0.596. The second kappa shape index (κ2) is 6.18. The molecule has 1 spiro atoms. The van der Waals surface area contributed by atoms with E-state index in [1.54, 1.807) is 0 Å². The maximum absolute atomic E-state index is 10.9. The first kappa shape index (κ1) is 16.5. The number of hydrogen-bond acceptors (Lipinski definition) is 6. The van der Waals surface area contributed by atoms with Gasteiger partial charge in [0, 0.05) is 24.1 Å². The van der Waals surface area contributed by atoms with Gasteiger partial charge in [0.15, 0.2) is 0 Å². The lowest BCUT2D eigenvalue weighted by molar-refractivity contribution is 0.0576. The van der Waals surface area contributed by atoms with Gasteiger partial charge in [-0.2, -0.15) is 4.98 Å². The molecule has 138 valence electrons. The van der Waals surface area contributed by atoms with Gasteiger partial charge in [-0.1, -0.05) is 59.8 Å². The minimum atomic E-state index is -0.556. The van der Waals surface area contributed by atoms with E-state index in [9.17, 15) is 5.11 Å². The molecule has 2 heterocycles. The van der Waals surface area contributed by atoms with Crippen molar-refractivity contribution >= 4 is 6.01 Å². The van der Waals surface area contributed by atoms with Gasteiger partial charge >= 0.3 is 6.01 Å². The summed E-state index contributed by atoms with van der Waals surface area (Å²) >= 11 is 0. The number of benzene rings is 2. The fourth-order valence-corrected chi connectivity index (χ4v) is 4.62. The summed E-state index contributed by atoms with van der Waals surface area (Å²) in [6.45, 7) is 1.49. The molecule has 1 aliphatic carbocycles. The van der Waals surface area contributed by atoms with E-state index in [0.29, 0.717) is 11.8 Å². The third-order valence-electron chi connectivity index (χ3n) is 6.14. The molecule has 3 N–H and O–H groups in total. The Morgan fingerprint density at radius 2 is 1.74 bits per heavy atom. The molecule has 3 aromatic rings. The molecule has 2 atom stereocenters. The van der Waals surface area contributed by atoms with E-state index in [2.05, 4.69) is 21.1 Å². The number of nitrogens with two attached hydrogens (primary N) is 1. The number of aliphatic hydroxyl groups excluding tert-OH is 1. The topological polar surface area (TPSA) is 88.4 Å². The van der Waals surface area contributed by atoms with Gasteiger partial charge in [0.2, 0.25) is 5.82 Å². The van der Waals surface area contributed by atoms with Crippen molar-refractivity contribution in [1.82, 2.24) is 10.1 Å². The van der Waals surface area contributed by atoms with Crippen molar-refractivity contribution in [2.75, 3.05) is 18.0 Å². The average Bonchev–Trinajstić information content (AvgIpc) is 3.30. The molecule has 0 bridgehead atoms. The van der Waals surface area contributed by atoms with Crippen LogP contribution in [0.2, 0.25) is 0 Å². The number of aromatic nitrogens is 2. The zero-order chi connectivity index (χ0) is 18.4. The van der Waals surface area contributed by atoms with Crippen molar-refractivity contribution in [3.05, 3.63) is 65.7 Å². The summed E-state index contributed by atoms with van der Waals surface area (Å²) in [6, 6.07) is 18.2. The zero-order valence-corrected chi connectivity index (χ0v) is 15.0. The Morgan fingerprint density at radius 3 is 2.52 bits per heavy atom. The van der Waals surface area contributed by atoms with Crippen LogP contribution in [0.3, 0.4) is 0 Å². The summed E-state index contributed by atoms with van der Waals surface area (Å²) in [7, 11) is 0. The third-order valence-corrected chi connectivity index (χ3v) is 6.14. The zero-order valence-electron chi connectivity index (χ0n) is 15.0. The lowest BCUT2D eigenvalue weighted by Gasteiger charge is -2.41. The largest absolute Gasteiger partial charge is 0.390 e. The minimum Gasteiger partial charge on any atom is -0.390 e. The molecule has 0 radical (unpaired) electrons. The minimum absolute atomic E-state index is 0.283. The highest BCUT2D eigenvalue weighted by Crippen LogP contribution is 2.50. The molecule has 2 aliphatic rings. The molecule has 5 rings (SSSR count). The van der Waals surface area contributed by atoms with E-state index in [1.165, 1.54) is 5.56 Å². The maximum Gasteiger partial charge on any atom is 0.324 e. The number of anilines is 1. The standard InChI is InChI=1S/C21H22N4O2/c22-17-15-8-4-5-9-16(15)21(18(17)26)10-12-25(13-11-21)20-23-19(24-27-20)14-6-2-1-3-7-14/h1-9,17-18,26H,10-13,22H2/t17-,18+/m0/s1. The lowest BCUT2D eigenvalue weighted by Crippen LogP contribution is -2.49. The first-order valence-electron chi connectivity index (χ1n) is 9.36. The van der Waals surface area contributed by atoms with Crippen LogP contribution in [0.4, 0.5) is 6.01 Å². The molecular weight excluding hydrogens is 340 g/mol. The molecule has 27 heavy (non-hydrogen) atoms. The fourth-order valence-electron chi connectivity index (χ4n) is 4.62. The fraction of sp³-hybridized carbons (Fsp3) is 0.333. The summed E-state index contributed by atoms with van der Waals surface area (Å²) in [6.07, 6.45) is 1.06. The number of nitrogens with zero attached hydrogens (tertiary/aromatic N) is 3. The Kier molecular flexibility index (Phi) is 3.77. The van der Waals surface area contributed by atoms with Gasteiger partial charge in [-0.15, -0.1) is 0 Å². The Bertz CT molecular complexity index is 948. The molecule has 1 fully saturated rings. The second-order valence-corrected chi connectivity index (χ2v) is 7.47. The highest BCUT2D eigenvalue weighted by Gasteiger charge is 2.51. The van der Waals surface area contributed by atoms with Crippen LogP contribution in [0.15, 0.2) is 59.1 Å². The van der Waals surface area contributed by atoms with Crippen LogP contribution < -0.4 is 10.6 Å². The smallest absolute Gasteiger partial charge is 0.324 e. The van der Waals surface area contributed by atoms with Gasteiger partial charge < -0.3 is 20.3 Å². The van der Waals surface area contributed by atoms with Crippen LogP contribution in [0.5, 0.6) is 0 Å². The van der Waals surface area contributed by atoms with Gasteiger partial charge in [0.05, 0.1) is 12.1 Å². The van der Waals surface area contributed by atoms with Crippen LogP contribution in [0.25, 0.3) is 11.4 Å². The van der Waals surface area contributed by atoms with Crippen molar-refractivity contribution in [3.63, 3.8) is 0 Å². The number of aliphatic hydroxyl groups is 1. The number of hydrogen-bond donors (Lipinski definition) is 2. The summed E-state index contributed by atoms with van der Waals surface area (Å²) in [5, 5.41) is 15.0. The second-order valence-electron chi connectivity index (χ2n) is 7.47. The number of rotatable bonds is 2. The van der Waals surface area contributed by atoms with Crippen LogP contribution in [-0.2, 0) is 5.41 Å². The van der Waals surface area contributed by atoms with E-state index in [-0.39, 0.29) is 11.5 Å². The van der Waals surface area contributed by atoms with Gasteiger partial charge in [-0.3, -0.25) is 0 Å². The summed E-state index contributed by atoms with van der Waals surface area (Å²) < 4.78 is 5.50. The number of fused-ring (bicyclic) bond motifs is 2. The highest BCUT2D eigenvalue weighted by atomic mass is 16.5. The molecule has 1 aliphatic heterocycles. The predicted molar refractivity (Wildman–Crippen MR) is 102 cm³/mol. The summed E-state index contributed by atoms with van der Waals surface area (Å²) in [4.78, 5) is 6.66. The van der Waals surface area contributed by atoms with E-state index in [0.717, 1.165) is 37.1 Å². The molecular formula is C21H22N4O2. The van der Waals surface area contributed by atoms with Crippen LogP contribution in [0, 0.1) is 0 Å². The molecule has 2 aromatic carbocycles. The van der Waals surface area contributed by atoms with Gasteiger partial charge in [-0.05, 0) is 24.0 Å². The van der Waals surface area contributed by atoms with Crippen molar-refractivity contribution in [1.29, 1.82) is 0 Å². The quantitative estimate of drug-likeness (QED) is 0.729. The normalized spacial score (nSPS) is 23.6. The van der Waals surface area contributed by atoms with E-state index >= 15 is 0 Å². The first-order chi connectivity index (χ1) is 13.2. The SMILES string of the molecule is N[C@H]1c2ccccc2C2(CCN(c3nc(-c4ccccc4)no3)CC2)[C@@H]1O. The molecule has 1 aromatic heterocycles. The van der Waals surface area contributed by atoms with E-state index in [4.69, 9.17) is 10.3 Å². The first-order valence-corrected chi connectivity index (χ1v) is 9.36. The van der Waals surface area contributed by atoms with Crippen molar-refractivity contribution in [2.24, 2.45) is 5.73 Å². The average molecular weight is 362 g/mol. The Labute approximate surface area is 157 Å². The highest BCUT2D eigenvalue weighted by molar-refractivity contribution is 5.55. The lowest BCUT2D eigenvalue weighted by atomic mass is 9.72. The Morgan fingerprint density at radius 1 is 1.04 bits per heavy atom. The predicted octanol–water partition coefficient (Wildman–Crippen LogP) is 2.65. The third kappa shape index (κ3) is 2.48. The summed E-state index contributed by atoms with van der Waals surface area (Å²) in [5.41, 5.74) is 9.23. The van der Waals surface area contributed by atoms with Crippen molar-refractivity contribution < 1.29 is 9.63 Å². The van der Waals surface area contributed by atoms with Gasteiger partial charge in [0.1, 0.15) is 0 Å². The van der Waals surface area contributed by atoms with Gasteiger partial charge in [-0.25, -0.2) is 0 Å². The van der Waals surface area contributed by atoms with Gasteiger partial charge in [0.25, 0.3) is 0 Å².